The van der Waals surface area contributed by atoms with E-state index in [0.717, 1.165) is 19.3 Å². The lowest BCUT2D eigenvalue weighted by atomic mass is 9.92. The molecule has 0 spiro atoms. The number of hydrogen-bond acceptors (Lipinski definition) is 0. The molecule has 0 amide bonds. The molecule has 0 radical (unpaired) electrons. The Morgan fingerprint density at radius 2 is 1.45 bits per heavy atom. The number of alkyl halides is 1. The Morgan fingerprint density at radius 1 is 0.800 bits per heavy atom. The second-order valence-electron chi connectivity index (χ2n) is 5.16. The van der Waals surface area contributed by atoms with Gasteiger partial charge in [-0.25, -0.2) is 0 Å². The van der Waals surface area contributed by atoms with Crippen molar-refractivity contribution < 1.29 is 0 Å². The van der Waals surface area contributed by atoms with Crippen LogP contribution in [0.15, 0.2) is 42.5 Å². The zero-order valence-electron chi connectivity index (χ0n) is 12.6. The van der Waals surface area contributed by atoms with Gasteiger partial charge in [0.1, 0.15) is 0 Å². The third-order valence-corrected chi connectivity index (χ3v) is 4.45. The van der Waals surface area contributed by atoms with E-state index in [0.29, 0.717) is 0 Å². The van der Waals surface area contributed by atoms with Gasteiger partial charge in [-0.1, -0.05) is 63.2 Å². The number of aryl methyl sites for hydroxylation is 3. The van der Waals surface area contributed by atoms with E-state index in [4.69, 9.17) is 11.6 Å². The minimum atomic E-state index is -0.0485. The Bertz CT molecular complexity index is 572. The Labute approximate surface area is 127 Å². The van der Waals surface area contributed by atoms with Gasteiger partial charge in [-0.3, -0.25) is 0 Å². The Balaban J connectivity index is 2.49. The van der Waals surface area contributed by atoms with Crippen molar-refractivity contribution in [2.24, 2.45) is 0 Å². The highest BCUT2D eigenvalue weighted by molar-refractivity contribution is 6.22. The molecule has 106 valence electrons. The first-order valence-electron chi connectivity index (χ1n) is 7.54. The van der Waals surface area contributed by atoms with E-state index in [-0.39, 0.29) is 5.38 Å². The van der Waals surface area contributed by atoms with Crippen LogP contribution in [-0.2, 0) is 19.3 Å². The van der Waals surface area contributed by atoms with E-state index in [1.807, 2.05) is 0 Å². The van der Waals surface area contributed by atoms with Crippen molar-refractivity contribution in [1.82, 2.24) is 0 Å². The van der Waals surface area contributed by atoms with E-state index >= 15 is 0 Å². The SMILES string of the molecule is CCc1ccc(CC)c(C(Cl)c2ccccc2CC)c1. The maximum Gasteiger partial charge on any atom is 0.0840 e. The standard InChI is InChI=1S/C19H23Cl/c1-4-14-11-12-16(6-3)18(13-14)19(20)17-10-8-7-9-15(17)5-2/h7-13,19H,4-6H2,1-3H3. The van der Waals surface area contributed by atoms with Gasteiger partial charge >= 0.3 is 0 Å². The third kappa shape index (κ3) is 3.07. The van der Waals surface area contributed by atoms with Crippen LogP contribution in [0.2, 0.25) is 0 Å². The maximum absolute atomic E-state index is 6.83. The molecule has 1 unspecified atom stereocenters. The van der Waals surface area contributed by atoms with Crippen molar-refractivity contribution in [1.29, 1.82) is 0 Å². The molecule has 0 N–H and O–H groups in total. The maximum atomic E-state index is 6.83. The van der Waals surface area contributed by atoms with E-state index in [9.17, 15) is 0 Å². The van der Waals surface area contributed by atoms with Crippen LogP contribution in [0, 0.1) is 0 Å². The molecule has 1 heteroatoms. The van der Waals surface area contributed by atoms with E-state index in [1.54, 1.807) is 0 Å². The summed E-state index contributed by atoms with van der Waals surface area (Å²) in [5, 5.41) is -0.0485. The quantitative estimate of drug-likeness (QED) is 0.618. The first-order valence-corrected chi connectivity index (χ1v) is 7.98. The fraction of sp³-hybridized carbons (Fsp3) is 0.368. The van der Waals surface area contributed by atoms with Gasteiger partial charge in [-0.2, -0.15) is 0 Å². The molecule has 0 aromatic heterocycles. The first kappa shape index (κ1) is 15.1. The van der Waals surface area contributed by atoms with Crippen LogP contribution < -0.4 is 0 Å². The van der Waals surface area contributed by atoms with Crippen LogP contribution >= 0.6 is 11.6 Å². The monoisotopic (exact) mass is 286 g/mol. The summed E-state index contributed by atoms with van der Waals surface area (Å²) in [5.41, 5.74) is 6.58. The molecule has 2 rings (SSSR count). The van der Waals surface area contributed by atoms with Gasteiger partial charge in [-0.15, -0.1) is 11.6 Å². The largest absolute Gasteiger partial charge is 0.113 e. The summed E-state index contributed by atoms with van der Waals surface area (Å²) in [6.07, 6.45) is 3.10. The molecule has 0 aliphatic carbocycles. The van der Waals surface area contributed by atoms with Gasteiger partial charge in [0.25, 0.3) is 0 Å². The molecule has 0 saturated heterocycles. The molecule has 0 aliphatic heterocycles. The van der Waals surface area contributed by atoms with Crippen molar-refractivity contribution in [2.45, 2.75) is 45.4 Å². The predicted molar refractivity (Wildman–Crippen MR) is 88.7 cm³/mol. The molecule has 1 atom stereocenters. The Kier molecular flexibility index (Phi) is 5.25. The lowest BCUT2D eigenvalue weighted by molar-refractivity contribution is 0.989. The summed E-state index contributed by atoms with van der Waals surface area (Å²) in [6, 6.07) is 15.3. The summed E-state index contributed by atoms with van der Waals surface area (Å²) >= 11 is 6.83. The zero-order valence-corrected chi connectivity index (χ0v) is 13.4. The van der Waals surface area contributed by atoms with Crippen LogP contribution in [0.3, 0.4) is 0 Å². The Morgan fingerprint density at radius 3 is 2.10 bits per heavy atom. The molecular formula is C19H23Cl. The van der Waals surface area contributed by atoms with Gasteiger partial charge in [0.15, 0.2) is 0 Å². The number of rotatable bonds is 5. The van der Waals surface area contributed by atoms with Crippen LogP contribution in [-0.4, -0.2) is 0 Å². The molecule has 0 fully saturated rings. The molecule has 20 heavy (non-hydrogen) atoms. The number of hydrogen-bond donors (Lipinski definition) is 0. The van der Waals surface area contributed by atoms with Crippen molar-refractivity contribution in [3.63, 3.8) is 0 Å². The van der Waals surface area contributed by atoms with Crippen molar-refractivity contribution in [3.8, 4) is 0 Å². The van der Waals surface area contributed by atoms with Gasteiger partial charge in [0.05, 0.1) is 5.38 Å². The van der Waals surface area contributed by atoms with Gasteiger partial charge in [-0.05, 0) is 47.1 Å². The second-order valence-corrected chi connectivity index (χ2v) is 5.59. The average molecular weight is 287 g/mol. The molecule has 0 heterocycles. The molecule has 2 aromatic carbocycles. The highest BCUT2D eigenvalue weighted by Gasteiger charge is 2.17. The fourth-order valence-electron chi connectivity index (χ4n) is 2.69. The molecule has 0 nitrogen and oxygen atoms in total. The van der Waals surface area contributed by atoms with Crippen molar-refractivity contribution in [3.05, 3.63) is 70.3 Å². The number of halogens is 1. The summed E-state index contributed by atoms with van der Waals surface area (Å²) in [7, 11) is 0. The lowest BCUT2D eigenvalue weighted by Crippen LogP contribution is -2.03. The van der Waals surface area contributed by atoms with E-state index in [2.05, 4.69) is 63.2 Å². The topological polar surface area (TPSA) is 0 Å². The van der Waals surface area contributed by atoms with Crippen LogP contribution in [0.25, 0.3) is 0 Å². The summed E-state index contributed by atoms with van der Waals surface area (Å²) in [4.78, 5) is 0. The van der Waals surface area contributed by atoms with E-state index < -0.39 is 0 Å². The minimum absolute atomic E-state index is 0.0485. The summed E-state index contributed by atoms with van der Waals surface area (Å²) < 4.78 is 0. The summed E-state index contributed by atoms with van der Waals surface area (Å²) in [6.45, 7) is 6.57. The summed E-state index contributed by atoms with van der Waals surface area (Å²) in [5.74, 6) is 0. The van der Waals surface area contributed by atoms with Gasteiger partial charge in [0.2, 0.25) is 0 Å². The second kappa shape index (κ2) is 6.95. The highest BCUT2D eigenvalue weighted by atomic mass is 35.5. The Hall–Kier alpha value is -1.27. The zero-order chi connectivity index (χ0) is 14.5. The lowest BCUT2D eigenvalue weighted by Gasteiger charge is -2.18. The third-order valence-electron chi connectivity index (χ3n) is 3.98. The van der Waals surface area contributed by atoms with E-state index in [1.165, 1.54) is 27.8 Å². The van der Waals surface area contributed by atoms with Crippen LogP contribution in [0.4, 0.5) is 0 Å². The molecule has 2 aromatic rings. The predicted octanol–water partition coefficient (Wildman–Crippen LogP) is 5.70. The van der Waals surface area contributed by atoms with Crippen molar-refractivity contribution >= 4 is 11.6 Å². The highest BCUT2D eigenvalue weighted by Crippen LogP contribution is 2.34. The average Bonchev–Trinajstić information content (AvgIpc) is 2.53. The van der Waals surface area contributed by atoms with Gasteiger partial charge < -0.3 is 0 Å². The smallest absolute Gasteiger partial charge is 0.0840 e. The molecular weight excluding hydrogens is 264 g/mol. The van der Waals surface area contributed by atoms with Gasteiger partial charge in [0, 0.05) is 0 Å². The van der Waals surface area contributed by atoms with Crippen LogP contribution in [0.5, 0.6) is 0 Å². The first-order chi connectivity index (χ1) is 9.71. The fourth-order valence-corrected chi connectivity index (χ4v) is 3.11. The number of benzene rings is 2. The minimum Gasteiger partial charge on any atom is -0.113 e. The molecule has 0 saturated carbocycles. The normalized spacial score (nSPS) is 12.4. The van der Waals surface area contributed by atoms with Crippen LogP contribution in [0.1, 0.15) is 54.0 Å². The molecule has 0 bridgehead atoms. The van der Waals surface area contributed by atoms with Crippen molar-refractivity contribution in [2.75, 3.05) is 0 Å². The molecule has 0 aliphatic rings.